The van der Waals surface area contributed by atoms with E-state index >= 15 is 0 Å². The summed E-state index contributed by atoms with van der Waals surface area (Å²) in [6, 6.07) is 2.73. The summed E-state index contributed by atoms with van der Waals surface area (Å²) in [4.78, 5) is 10.3. The van der Waals surface area contributed by atoms with E-state index in [9.17, 15) is 0 Å². The van der Waals surface area contributed by atoms with E-state index in [0.29, 0.717) is 0 Å². The second kappa shape index (κ2) is 3.16. The lowest BCUT2D eigenvalue weighted by Crippen LogP contribution is -2.27. The smallest absolute Gasteiger partial charge is 0.124 e. The molecule has 1 rings (SSSR count). The van der Waals surface area contributed by atoms with Crippen LogP contribution in [0.1, 0.15) is 19.8 Å². The van der Waals surface area contributed by atoms with E-state index in [1.807, 2.05) is 21.0 Å². The summed E-state index contributed by atoms with van der Waals surface area (Å²) >= 11 is 0. The Morgan fingerprint density at radius 2 is 2.09 bits per heavy atom. The van der Waals surface area contributed by atoms with Crippen molar-refractivity contribution in [3.8, 4) is 0 Å². The summed E-state index contributed by atoms with van der Waals surface area (Å²) in [6.45, 7) is 2.75. The van der Waals surface area contributed by atoms with Gasteiger partial charge in [0.15, 0.2) is 0 Å². The van der Waals surface area contributed by atoms with Crippen molar-refractivity contribution in [3.05, 3.63) is 0 Å². The van der Waals surface area contributed by atoms with Crippen LogP contribution in [0, 0.1) is 0 Å². The minimum atomic E-state index is 0.0542. The van der Waals surface area contributed by atoms with Crippen LogP contribution < -0.4 is 0 Å². The lowest BCUT2D eigenvalue weighted by molar-refractivity contribution is 0.283. The van der Waals surface area contributed by atoms with E-state index in [1.54, 1.807) is 0 Å². The highest BCUT2D eigenvalue weighted by atomic mass is 15.3. The van der Waals surface area contributed by atoms with Crippen molar-refractivity contribution in [2.45, 2.75) is 25.4 Å². The fourth-order valence-electron chi connectivity index (χ4n) is 0.970. The van der Waals surface area contributed by atoms with Crippen LogP contribution in [0.25, 0.3) is 0 Å². The molecule has 0 aromatic heterocycles. The molecule has 0 saturated heterocycles. The molecule has 0 amide bonds. The van der Waals surface area contributed by atoms with Gasteiger partial charge in [-0.15, -0.1) is 0 Å². The Hall–Kier alpha value is -0.660. The average Bonchev–Trinajstić information content (AvgIpc) is 2.70. The fraction of sp³-hybridized carbons (Fsp3) is 0.875. The van der Waals surface area contributed by atoms with Crippen LogP contribution in [-0.4, -0.2) is 37.2 Å². The van der Waals surface area contributed by atoms with Gasteiger partial charge in [0.05, 0.1) is 6.01 Å². The monoisotopic (exact) mass is 153 g/mol. The zero-order valence-electron chi connectivity index (χ0n) is 7.46. The van der Waals surface area contributed by atoms with Crippen molar-refractivity contribution in [2.75, 3.05) is 20.6 Å². The van der Waals surface area contributed by atoms with Gasteiger partial charge in [0.2, 0.25) is 0 Å². The third-order valence-corrected chi connectivity index (χ3v) is 2.02. The predicted octanol–water partition coefficient (Wildman–Crippen LogP) is 1.23. The van der Waals surface area contributed by atoms with Crippen molar-refractivity contribution in [1.29, 1.82) is 0 Å². The van der Waals surface area contributed by atoms with Crippen molar-refractivity contribution >= 4 is 6.01 Å². The maximum Gasteiger partial charge on any atom is 0.124 e. The molecule has 62 valence electrons. The highest BCUT2D eigenvalue weighted by molar-refractivity contribution is 5.43. The number of hydrogen-bond donors (Lipinski definition) is 0. The first-order valence-electron chi connectivity index (χ1n) is 4.02. The maximum atomic E-state index is 4.27. The van der Waals surface area contributed by atoms with E-state index in [1.165, 1.54) is 0 Å². The second-order valence-corrected chi connectivity index (χ2v) is 3.06. The summed E-state index contributed by atoms with van der Waals surface area (Å²) in [6.07, 6.45) is 2.29. The topological polar surface area (TPSA) is 28.0 Å². The highest BCUT2D eigenvalue weighted by Crippen LogP contribution is 2.40. The maximum absolute atomic E-state index is 4.27. The lowest BCUT2D eigenvalue weighted by Gasteiger charge is -2.16. The van der Waals surface area contributed by atoms with Crippen molar-refractivity contribution in [1.82, 2.24) is 4.90 Å². The second-order valence-electron chi connectivity index (χ2n) is 3.06. The molecular weight excluding hydrogens is 138 g/mol. The van der Waals surface area contributed by atoms with E-state index in [0.717, 1.165) is 19.4 Å². The SMILES string of the molecule is CCN=C=NC1(N(C)C)CC1. The van der Waals surface area contributed by atoms with Crippen LogP contribution >= 0.6 is 0 Å². The normalized spacial score (nSPS) is 19.3. The minimum absolute atomic E-state index is 0.0542. The quantitative estimate of drug-likeness (QED) is 0.560. The highest BCUT2D eigenvalue weighted by Gasteiger charge is 2.44. The number of nitrogens with zero attached hydrogens (tertiary/aromatic N) is 3. The molecule has 1 aliphatic rings. The van der Waals surface area contributed by atoms with Gasteiger partial charge in [0, 0.05) is 6.54 Å². The predicted molar refractivity (Wildman–Crippen MR) is 46.1 cm³/mol. The molecule has 3 heteroatoms. The van der Waals surface area contributed by atoms with Crippen LogP contribution in [0.2, 0.25) is 0 Å². The van der Waals surface area contributed by atoms with Gasteiger partial charge in [-0.25, -0.2) is 9.98 Å². The standard InChI is InChI=1S/C8H15N3/c1-4-9-7-10-8(5-6-8)11(2)3/h4-6H2,1-3H3. The molecule has 0 aliphatic heterocycles. The number of rotatable bonds is 3. The third-order valence-electron chi connectivity index (χ3n) is 2.02. The van der Waals surface area contributed by atoms with Gasteiger partial charge in [0.1, 0.15) is 5.66 Å². The van der Waals surface area contributed by atoms with Crippen LogP contribution in [0.5, 0.6) is 0 Å². The van der Waals surface area contributed by atoms with Gasteiger partial charge < -0.3 is 0 Å². The molecule has 1 aliphatic carbocycles. The first-order chi connectivity index (χ1) is 5.21. The van der Waals surface area contributed by atoms with Crippen molar-refractivity contribution in [2.24, 2.45) is 9.98 Å². The molecule has 1 fully saturated rings. The summed E-state index contributed by atoms with van der Waals surface area (Å²) < 4.78 is 0. The molecule has 11 heavy (non-hydrogen) atoms. The zero-order chi connectivity index (χ0) is 8.32. The Labute approximate surface area is 67.8 Å². The number of aliphatic imine (C=N–C) groups is 2. The minimum Gasteiger partial charge on any atom is -0.285 e. The molecule has 0 aromatic carbocycles. The third kappa shape index (κ3) is 1.88. The van der Waals surface area contributed by atoms with Crippen molar-refractivity contribution < 1.29 is 0 Å². The Kier molecular flexibility index (Phi) is 2.42. The van der Waals surface area contributed by atoms with Gasteiger partial charge in [-0.2, -0.15) is 0 Å². The van der Waals surface area contributed by atoms with E-state index < -0.39 is 0 Å². The zero-order valence-corrected chi connectivity index (χ0v) is 7.46. The molecule has 3 nitrogen and oxygen atoms in total. The fourth-order valence-corrected chi connectivity index (χ4v) is 0.970. The number of hydrogen-bond acceptors (Lipinski definition) is 3. The van der Waals surface area contributed by atoms with Gasteiger partial charge >= 0.3 is 0 Å². The molecule has 0 bridgehead atoms. The molecule has 0 unspecified atom stereocenters. The Balaban J connectivity index is 2.54. The average molecular weight is 153 g/mol. The first kappa shape index (κ1) is 8.44. The molecule has 0 N–H and O–H groups in total. The van der Waals surface area contributed by atoms with Crippen molar-refractivity contribution in [3.63, 3.8) is 0 Å². The van der Waals surface area contributed by atoms with E-state index in [4.69, 9.17) is 0 Å². The Morgan fingerprint density at radius 1 is 1.45 bits per heavy atom. The molecule has 0 heterocycles. The molecule has 0 spiro atoms. The Morgan fingerprint density at radius 3 is 2.45 bits per heavy atom. The Bertz CT molecular complexity index is 186. The lowest BCUT2D eigenvalue weighted by atomic mass is 10.5. The van der Waals surface area contributed by atoms with E-state index in [-0.39, 0.29) is 5.66 Å². The molecular formula is C8H15N3. The first-order valence-corrected chi connectivity index (χ1v) is 4.02. The molecule has 1 saturated carbocycles. The summed E-state index contributed by atoms with van der Waals surface area (Å²) in [5, 5.41) is 0. The summed E-state index contributed by atoms with van der Waals surface area (Å²) in [5.41, 5.74) is 0.0542. The van der Waals surface area contributed by atoms with E-state index in [2.05, 4.69) is 20.9 Å². The summed E-state index contributed by atoms with van der Waals surface area (Å²) in [7, 11) is 4.09. The molecule has 0 atom stereocenters. The summed E-state index contributed by atoms with van der Waals surface area (Å²) in [5.74, 6) is 0. The van der Waals surface area contributed by atoms with Gasteiger partial charge in [-0.05, 0) is 33.9 Å². The van der Waals surface area contributed by atoms with Crippen LogP contribution in [-0.2, 0) is 0 Å². The van der Waals surface area contributed by atoms with Gasteiger partial charge in [0.25, 0.3) is 0 Å². The van der Waals surface area contributed by atoms with Crippen LogP contribution in [0.4, 0.5) is 0 Å². The van der Waals surface area contributed by atoms with Crippen LogP contribution in [0.3, 0.4) is 0 Å². The van der Waals surface area contributed by atoms with Gasteiger partial charge in [-0.3, -0.25) is 4.90 Å². The molecule has 0 radical (unpaired) electrons. The largest absolute Gasteiger partial charge is 0.285 e. The van der Waals surface area contributed by atoms with Crippen LogP contribution in [0.15, 0.2) is 9.98 Å². The van der Waals surface area contributed by atoms with Gasteiger partial charge in [-0.1, -0.05) is 0 Å². The molecule has 0 aromatic rings.